The Labute approximate surface area is 68.4 Å². The van der Waals surface area contributed by atoms with Crippen molar-refractivity contribution in [3.8, 4) is 0 Å². The fraction of sp³-hybridized carbons (Fsp3) is 0.600. The van der Waals surface area contributed by atoms with Gasteiger partial charge in [-0.3, -0.25) is 0 Å². The minimum atomic E-state index is 0.291. The molecule has 11 heavy (non-hydrogen) atoms. The lowest BCUT2D eigenvalue weighted by molar-refractivity contribution is 0.237. The first kappa shape index (κ1) is 8.54. The van der Waals surface area contributed by atoms with Crippen LogP contribution in [0.1, 0.15) is 19.8 Å². The fourth-order valence-electron chi connectivity index (χ4n) is 1.44. The highest BCUT2D eigenvalue weighted by molar-refractivity contribution is 5.10. The summed E-state index contributed by atoms with van der Waals surface area (Å²) < 4.78 is 0. The Morgan fingerprint density at radius 3 is 2.64 bits per heavy atom. The van der Waals surface area contributed by atoms with Gasteiger partial charge in [0.1, 0.15) is 0 Å². The number of rotatable bonds is 2. The Kier molecular flexibility index (Phi) is 2.89. The van der Waals surface area contributed by atoms with E-state index < -0.39 is 0 Å². The molecule has 0 aliphatic heterocycles. The maximum Gasteiger partial charge on any atom is 0.0493 e. The first-order valence-corrected chi connectivity index (χ1v) is 4.18. The van der Waals surface area contributed by atoms with Crippen molar-refractivity contribution in [1.29, 1.82) is 0 Å². The second kappa shape index (κ2) is 3.72. The van der Waals surface area contributed by atoms with Crippen LogP contribution in [0.15, 0.2) is 24.3 Å². The van der Waals surface area contributed by atoms with Crippen LogP contribution in [-0.4, -0.2) is 11.7 Å². The van der Waals surface area contributed by atoms with E-state index in [9.17, 15) is 0 Å². The number of hydrogen-bond donors (Lipinski definition) is 1. The highest BCUT2D eigenvalue weighted by Gasteiger charge is 2.14. The summed E-state index contributed by atoms with van der Waals surface area (Å²) in [7, 11) is 0. The summed E-state index contributed by atoms with van der Waals surface area (Å²) in [6.45, 7) is 6.27. The number of hydrogen-bond acceptors (Lipinski definition) is 1. The molecule has 1 aliphatic carbocycles. The lowest BCUT2D eigenvalue weighted by Gasteiger charge is -2.21. The molecule has 0 bridgehead atoms. The standard InChI is InChI=1S/C10H16O/c1-8(2)10-5-3-9(7-11)4-6-10/h3,5,9-11H,1,4,6-7H2,2H3. The first-order chi connectivity index (χ1) is 5.24. The lowest BCUT2D eigenvalue weighted by atomic mass is 9.86. The van der Waals surface area contributed by atoms with E-state index in [0.717, 1.165) is 12.8 Å². The Balaban J connectivity index is 2.49. The van der Waals surface area contributed by atoms with Gasteiger partial charge in [0, 0.05) is 6.61 Å². The van der Waals surface area contributed by atoms with E-state index in [-0.39, 0.29) is 0 Å². The highest BCUT2D eigenvalue weighted by Crippen LogP contribution is 2.25. The predicted octanol–water partition coefficient (Wildman–Crippen LogP) is 2.14. The van der Waals surface area contributed by atoms with Crippen LogP contribution in [0.25, 0.3) is 0 Å². The van der Waals surface area contributed by atoms with Crippen LogP contribution >= 0.6 is 0 Å². The Hall–Kier alpha value is -0.560. The van der Waals surface area contributed by atoms with Gasteiger partial charge in [0.25, 0.3) is 0 Å². The monoisotopic (exact) mass is 152 g/mol. The molecule has 2 unspecified atom stereocenters. The third kappa shape index (κ3) is 2.19. The largest absolute Gasteiger partial charge is 0.396 e. The highest BCUT2D eigenvalue weighted by atomic mass is 16.3. The van der Waals surface area contributed by atoms with Crippen LogP contribution in [0.3, 0.4) is 0 Å². The molecule has 0 aromatic carbocycles. The quantitative estimate of drug-likeness (QED) is 0.601. The molecule has 1 heteroatoms. The third-order valence-corrected chi connectivity index (χ3v) is 2.33. The zero-order valence-corrected chi connectivity index (χ0v) is 7.09. The summed E-state index contributed by atoms with van der Waals surface area (Å²) in [5.41, 5.74) is 1.23. The molecule has 1 rings (SSSR count). The number of allylic oxidation sites excluding steroid dienone is 2. The topological polar surface area (TPSA) is 20.2 Å². The van der Waals surface area contributed by atoms with Crippen molar-refractivity contribution in [2.45, 2.75) is 19.8 Å². The van der Waals surface area contributed by atoms with Crippen molar-refractivity contribution < 1.29 is 5.11 Å². The summed E-state index contributed by atoms with van der Waals surface area (Å²) >= 11 is 0. The first-order valence-electron chi connectivity index (χ1n) is 4.18. The molecule has 1 N–H and O–H groups in total. The molecular formula is C10H16O. The molecule has 0 saturated heterocycles. The van der Waals surface area contributed by atoms with Crippen LogP contribution in [0, 0.1) is 11.8 Å². The molecule has 2 atom stereocenters. The third-order valence-electron chi connectivity index (χ3n) is 2.33. The number of aliphatic hydroxyl groups excluding tert-OH is 1. The van der Waals surface area contributed by atoms with Gasteiger partial charge in [-0.25, -0.2) is 0 Å². The van der Waals surface area contributed by atoms with Crippen LogP contribution in [0.5, 0.6) is 0 Å². The summed E-state index contributed by atoms with van der Waals surface area (Å²) in [4.78, 5) is 0. The van der Waals surface area contributed by atoms with E-state index in [1.807, 2.05) is 0 Å². The molecule has 0 amide bonds. The van der Waals surface area contributed by atoms with Crippen LogP contribution in [-0.2, 0) is 0 Å². The van der Waals surface area contributed by atoms with Gasteiger partial charge in [-0.1, -0.05) is 24.3 Å². The fourth-order valence-corrected chi connectivity index (χ4v) is 1.44. The van der Waals surface area contributed by atoms with Crippen molar-refractivity contribution >= 4 is 0 Å². The summed E-state index contributed by atoms with van der Waals surface area (Å²) in [6.07, 6.45) is 6.54. The van der Waals surface area contributed by atoms with Gasteiger partial charge in [-0.2, -0.15) is 0 Å². The maximum atomic E-state index is 8.84. The second-order valence-electron chi connectivity index (χ2n) is 3.36. The molecule has 0 aromatic rings. The van der Waals surface area contributed by atoms with Crippen LogP contribution in [0.4, 0.5) is 0 Å². The van der Waals surface area contributed by atoms with Gasteiger partial charge in [-0.05, 0) is 31.6 Å². The van der Waals surface area contributed by atoms with Crippen molar-refractivity contribution in [2.24, 2.45) is 11.8 Å². The minimum absolute atomic E-state index is 0.291. The van der Waals surface area contributed by atoms with Crippen molar-refractivity contribution in [3.63, 3.8) is 0 Å². The van der Waals surface area contributed by atoms with Gasteiger partial charge < -0.3 is 5.11 Å². The molecule has 0 heterocycles. The predicted molar refractivity (Wildman–Crippen MR) is 47.3 cm³/mol. The second-order valence-corrected chi connectivity index (χ2v) is 3.36. The van der Waals surface area contributed by atoms with Crippen LogP contribution < -0.4 is 0 Å². The Bertz CT molecular complexity index is 170. The summed E-state index contributed by atoms with van der Waals surface area (Å²) in [5, 5.41) is 8.84. The lowest BCUT2D eigenvalue weighted by Crippen LogP contribution is -2.11. The molecule has 0 fully saturated rings. The molecule has 1 nitrogen and oxygen atoms in total. The maximum absolute atomic E-state index is 8.84. The smallest absolute Gasteiger partial charge is 0.0493 e. The Morgan fingerprint density at radius 1 is 1.55 bits per heavy atom. The molecule has 62 valence electrons. The van der Waals surface area contributed by atoms with Gasteiger partial charge in [0.05, 0.1) is 0 Å². The Morgan fingerprint density at radius 2 is 2.27 bits per heavy atom. The van der Waals surface area contributed by atoms with Gasteiger partial charge in [0.2, 0.25) is 0 Å². The van der Waals surface area contributed by atoms with Crippen molar-refractivity contribution in [3.05, 3.63) is 24.3 Å². The van der Waals surface area contributed by atoms with Crippen molar-refractivity contribution in [1.82, 2.24) is 0 Å². The molecule has 1 aliphatic rings. The zero-order chi connectivity index (χ0) is 8.27. The SMILES string of the molecule is C=C(C)C1C=CC(CO)CC1. The summed E-state index contributed by atoms with van der Waals surface area (Å²) in [5.74, 6) is 0.948. The van der Waals surface area contributed by atoms with E-state index in [2.05, 4.69) is 25.7 Å². The average molecular weight is 152 g/mol. The molecule has 0 spiro atoms. The zero-order valence-electron chi connectivity index (χ0n) is 7.09. The van der Waals surface area contributed by atoms with Crippen LogP contribution in [0.2, 0.25) is 0 Å². The van der Waals surface area contributed by atoms with E-state index in [1.54, 1.807) is 0 Å². The minimum Gasteiger partial charge on any atom is -0.396 e. The van der Waals surface area contributed by atoms with E-state index in [1.165, 1.54) is 5.57 Å². The molecule has 0 aromatic heterocycles. The van der Waals surface area contributed by atoms with Gasteiger partial charge in [-0.15, -0.1) is 0 Å². The van der Waals surface area contributed by atoms with E-state index in [0.29, 0.717) is 18.4 Å². The summed E-state index contributed by atoms with van der Waals surface area (Å²) in [6, 6.07) is 0. The molecule has 0 radical (unpaired) electrons. The van der Waals surface area contributed by atoms with E-state index >= 15 is 0 Å². The average Bonchev–Trinajstić information content (AvgIpc) is 2.05. The van der Waals surface area contributed by atoms with Crippen molar-refractivity contribution in [2.75, 3.05) is 6.61 Å². The van der Waals surface area contributed by atoms with Gasteiger partial charge >= 0.3 is 0 Å². The molecule has 0 saturated carbocycles. The van der Waals surface area contributed by atoms with E-state index in [4.69, 9.17) is 5.11 Å². The van der Waals surface area contributed by atoms with Gasteiger partial charge in [0.15, 0.2) is 0 Å². The number of aliphatic hydroxyl groups is 1. The molecular weight excluding hydrogens is 136 g/mol. The normalized spacial score (nSPS) is 30.4.